The van der Waals surface area contributed by atoms with Crippen molar-refractivity contribution in [2.75, 3.05) is 14.2 Å². The Bertz CT molecular complexity index is 532. The highest BCUT2D eigenvalue weighted by Gasteiger charge is 2.10. The molecular formula is C13H16N2O2. The van der Waals surface area contributed by atoms with Crippen molar-refractivity contribution in [1.29, 1.82) is 0 Å². The lowest BCUT2D eigenvalue weighted by Crippen LogP contribution is -1.89. The maximum atomic E-state index is 5.24. The van der Waals surface area contributed by atoms with E-state index in [2.05, 4.69) is 16.0 Å². The average molecular weight is 232 g/mol. The highest BCUT2D eigenvalue weighted by molar-refractivity contribution is 5.64. The number of methoxy groups -OCH3 is 2. The highest BCUT2D eigenvalue weighted by atomic mass is 16.5. The van der Waals surface area contributed by atoms with Gasteiger partial charge in [0.1, 0.15) is 5.75 Å². The molecule has 1 N–H and O–H groups in total. The summed E-state index contributed by atoms with van der Waals surface area (Å²) >= 11 is 0. The van der Waals surface area contributed by atoms with Gasteiger partial charge in [-0.3, -0.25) is 0 Å². The van der Waals surface area contributed by atoms with E-state index in [0.717, 1.165) is 28.3 Å². The molecule has 0 saturated heterocycles. The molecule has 0 saturated carbocycles. The third-order valence-electron chi connectivity index (χ3n) is 2.72. The summed E-state index contributed by atoms with van der Waals surface area (Å²) in [6, 6.07) is 6.53. The van der Waals surface area contributed by atoms with Crippen LogP contribution in [0.2, 0.25) is 0 Å². The van der Waals surface area contributed by atoms with Crippen LogP contribution in [0.5, 0.6) is 11.8 Å². The molecule has 90 valence electrons. The second-order valence-electron chi connectivity index (χ2n) is 3.90. The van der Waals surface area contributed by atoms with Crippen molar-refractivity contribution in [2.24, 2.45) is 0 Å². The van der Waals surface area contributed by atoms with Gasteiger partial charge in [-0.05, 0) is 37.6 Å². The van der Waals surface area contributed by atoms with E-state index in [4.69, 9.17) is 9.47 Å². The maximum absolute atomic E-state index is 5.24. The molecule has 1 aromatic heterocycles. The Morgan fingerprint density at radius 2 is 1.88 bits per heavy atom. The highest BCUT2D eigenvalue weighted by Crippen LogP contribution is 2.28. The Labute approximate surface area is 101 Å². The Morgan fingerprint density at radius 3 is 2.41 bits per heavy atom. The van der Waals surface area contributed by atoms with Gasteiger partial charge in [0, 0.05) is 11.3 Å². The van der Waals surface area contributed by atoms with Crippen LogP contribution in [0.15, 0.2) is 18.2 Å². The number of nitrogens with one attached hydrogen (secondary N) is 1. The number of hydrogen-bond acceptors (Lipinski definition) is 3. The van der Waals surface area contributed by atoms with Crippen molar-refractivity contribution < 1.29 is 9.47 Å². The van der Waals surface area contributed by atoms with Crippen LogP contribution in [-0.4, -0.2) is 24.2 Å². The second-order valence-corrected chi connectivity index (χ2v) is 3.90. The summed E-state index contributed by atoms with van der Waals surface area (Å²) in [5, 5.41) is 0. The van der Waals surface area contributed by atoms with Crippen LogP contribution in [-0.2, 0) is 0 Å². The lowest BCUT2D eigenvalue weighted by molar-refractivity contribution is 0.384. The SMILES string of the molecule is COc1nc(-c2ccc(OC)c(C)c2)c(C)[nH]1. The number of rotatable bonds is 3. The van der Waals surface area contributed by atoms with Gasteiger partial charge in [0.15, 0.2) is 0 Å². The van der Waals surface area contributed by atoms with Gasteiger partial charge in [0.05, 0.1) is 19.9 Å². The summed E-state index contributed by atoms with van der Waals surface area (Å²) in [6.07, 6.45) is 0. The van der Waals surface area contributed by atoms with Gasteiger partial charge >= 0.3 is 0 Å². The van der Waals surface area contributed by atoms with Crippen molar-refractivity contribution in [3.05, 3.63) is 29.5 Å². The fraction of sp³-hybridized carbons (Fsp3) is 0.308. The van der Waals surface area contributed by atoms with E-state index in [0.29, 0.717) is 6.01 Å². The Kier molecular flexibility index (Phi) is 3.04. The zero-order chi connectivity index (χ0) is 12.4. The first-order valence-corrected chi connectivity index (χ1v) is 5.41. The molecule has 1 heterocycles. The van der Waals surface area contributed by atoms with Crippen molar-refractivity contribution >= 4 is 0 Å². The van der Waals surface area contributed by atoms with Gasteiger partial charge in [-0.2, -0.15) is 4.98 Å². The number of aromatic nitrogens is 2. The van der Waals surface area contributed by atoms with Crippen LogP contribution >= 0.6 is 0 Å². The van der Waals surface area contributed by atoms with Gasteiger partial charge in [-0.1, -0.05) is 0 Å². The number of H-pyrrole nitrogens is 1. The Morgan fingerprint density at radius 1 is 1.12 bits per heavy atom. The van der Waals surface area contributed by atoms with Crippen LogP contribution in [0.25, 0.3) is 11.3 Å². The largest absolute Gasteiger partial charge is 0.496 e. The molecule has 0 bridgehead atoms. The predicted octanol–water partition coefficient (Wildman–Crippen LogP) is 2.71. The van der Waals surface area contributed by atoms with E-state index >= 15 is 0 Å². The van der Waals surface area contributed by atoms with Gasteiger partial charge in [0.2, 0.25) is 0 Å². The number of imidazole rings is 1. The number of nitrogens with zero attached hydrogens (tertiary/aromatic N) is 1. The molecule has 4 nitrogen and oxygen atoms in total. The molecule has 0 fully saturated rings. The smallest absolute Gasteiger partial charge is 0.294 e. The van der Waals surface area contributed by atoms with Crippen LogP contribution < -0.4 is 9.47 Å². The fourth-order valence-corrected chi connectivity index (χ4v) is 1.84. The van der Waals surface area contributed by atoms with Crippen LogP contribution in [0, 0.1) is 13.8 Å². The van der Waals surface area contributed by atoms with Crippen molar-refractivity contribution in [1.82, 2.24) is 9.97 Å². The van der Waals surface area contributed by atoms with E-state index in [-0.39, 0.29) is 0 Å². The molecule has 0 spiro atoms. The number of ether oxygens (including phenoxy) is 2. The second kappa shape index (κ2) is 4.49. The first-order chi connectivity index (χ1) is 8.15. The molecule has 2 aromatic rings. The molecular weight excluding hydrogens is 216 g/mol. The Hall–Kier alpha value is -1.97. The van der Waals surface area contributed by atoms with Crippen molar-refractivity contribution in [3.63, 3.8) is 0 Å². The minimum Gasteiger partial charge on any atom is -0.496 e. The molecule has 0 atom stereocenters. The molecule has 0 unspecified atom stereocenters. The van der Waals surface area contributed by atoms with E-state index in [1.807, 2.05) is 26.0 Å². The average Bonchev–Trinajstić information content (AvgIpc) is 2.70. The van der Waals surface area contributed by atoms with E-state index < -0.39 is 0 Å². The topological polar surface area (TPSA) is 47.1 Å². The minimum atomic E-state index is 0.533. The standard InChI is InChI=1S/C13H16N2O2/c1-8-7-10(5-6-11(8)16-3)12-9(2)14-13(15-12)17-4/h5-7H,1-4H3,(H,14,15). The van der Waals surface area contributed by atoms with Crippen LogP contribution in [0.4, 0.5) is 0 Å². The predicted molar refractivity (Wildman–Crippen MR) is 66.6 cm³/mol. The summed E-state index contributed by atoms with van der Waals surface area (Å²) in [4.78, 5) is 7.45. The quantitative estimate of drug-likeness (QED) is 0.885. The third-order valence-corrected chi connectivity index (χ3v) is 2.72. The Balaban J connectivity index is 2.45. The summed E-state index contributed by atoms with van der Waals surface area (Å²) in [5.41, 5.74) is 4.05. The minimum absolute atomic E-state index is 0.533. The van der Waals surface area contributed by atoms with Gasteiger partial charge in [-0.25, -0.2) is 0 Å². The van der Waals surface area contributed by atoms with Crippen molar-refractivity contribution in [2.45, 2.75) is 13.8 Å². The van der Waals surface area contributed by atoms with Gasteiger partial charge in [0.25, 0.3) is 6.01 Å². The molecule has 0 aliphatic rings. The summed E-state index contributed by atoms with van der Waals surface area (Å²) < 4.78 is 10.3. The van der Waals surface area contributed by atoms with E-state index in [9.17, 15) is 0 Å². The monoisotopic (exact) mass is 232 g/mol. The van der Waals surface area contributed by atoms with Gasteiger partial charge < -0.3 is 14.5 Å². The number of aryl methyl sites for hydroxylation is 2. The van der Waals surface area contributed by atoms with E-state index in [1.54, 1.807) is 14.2 Å². The lowest BCUT2D eigenvalue weighted by Gasteiger charge is -2.06. The first-order valence-electron chi connectivity index (χ1n) is 5.41. The van der Waals surface area contributed by atoms with E-state index in [1.165, 1.54) is 0 Å². The molecule has 0 amide bonds. The molecule has 0 aliphatic heterocycles. The van der Waals surface area contributed by atoms with Gasteiger partial charge in [-0.15, -0.1) is 0 Å². The first kappa shape index (κ1) is 11.5. The zero-order valence-electron chi connectivity index (χ0n) is 10.5. The summed E-state index contributed by atoms with van der Waals surface area (Å²) in [5.74, 6) is 0.883. The lowest BCUT2D eigenvalue weighted by atomic mass is 10.1. The molecule has 17 heavy (non-hydrogen) atoms. The number of aromatic amines is 1. The fourth-order valence-electron chi connectivity index (χ4n) is 1.84. The molecule has 2 rings (SSSR count). The van der Waals surface area contributed by atoms with Crippen LogP contribution in [0.3, 0.4) is 0 Å². The summed E-state index contributed by atoms with van der Waals surface area (Å²) in [7, 11) is 3.27. The van der Waals surface area contributed by atoms with Crippen molar-refractivity contribution in [3.8, 4) is 23.0 Å². The summed E-state index contributed by atoms with van der Waals surface area (Å²) in [6.45, 7) is 3.99. The number of benzene rings is 1. The third kappa shape index (κ3) is 2.11. The molecule has 0 radical (unpaired) electrons. The molecule has 4 heteroatoms. The maximum Gasteiger partial charge on any atom is 0.294 e. The normalized spacial score (nSPS) is 10.4. The number of hydrogen-bond donors (Lipinski definition) is 1. The molecule has 0 aliphatic carbocycles. The van der Waals surface area contributed by atoms with Crippen LogP contribution in [0.1, 0.15) is 11.3 Å². The molecule has 1 aromatic carbocycles. The zero-order valence-corrected chi connectivity index (χ0v) is 10.5.